The fraction of sp³-hybridized carbons (Fsp3) is 0.667. The Hall–Kier alpha value is -1.04. The van der Waals surface area contributed by atoms with Gasteiger partial charge in [0, 0.05) is 20.2 Å². The number of carbonyl (C=O) groups excluding carboxylic acids is 1. The molecule has 0 bridgehead atoms. The molecule has 21 heavy (non-hydrogen) atoms. The van der Waals surface area contributed by atoms with Gasteiger partial charge in [0.2, 0.25) is 0 Å². The average Bonchev–Trinajstić information content (AvgIpc) is 3.05. The SMILES string of the molecule is COCc1ccc(C(=O)N2CC[C@@H]3CNC[C@@H]3CC2)o1.Cl. The second kappa shape index (κ2) is 7.29. The largest absolute Gasteiger partial charge is 0.453 e. The Bertz CT molecular complexity index is 463. The van der Waals surface area contributed by atoms with Crippen LogP contribution in [0.4, 0.5) is 0 Å². The highest BCUT2D eigenvalue weighted by molar-refractivity contribution is 5.91. The summed E-state index contributed by atoms with van der Waals surface area (Å²) in [6.45, 7) is 4.28. The van der Waals surface area contributed by atoms with Crippen LogP contribution in [-0.4, -0.2) is 44.1 Å². The number of amides is 1. The Kier molecular flexibility index (Phi) is 5.67. The molecule has 1 aromatic heterocycles. The maximum Gasteiger partial charge on any atom is 0.289 e. The summed E-state index contributed by atoms with van der Waals surface area (Å²) in [5.41, 5.74) is 0. The molecule has 2 aliphatic heterocycles. The normalized spacial score (nSPS) is 25.1. The van der Waals surface area contributed by atoms with Gasteiger partial charge >= 0.3 is 0 Å². The van der Waals surface area contributed by atoms with Gasteiger partial charge in [-0.15, -0.1) is 12.4 Å². The van der Waals surface area contributed by atoms with Crippen molar-refractivity contribution in [1.82, 2.24) is 10.2 Å². The number of carbonyl (C=O) groups is 1. The van der Waals surface area contributed by atoms with Gasteiger partial charge in [-0.05, 0) is 49.9 Å². The molecule has 0 saturated carbocycles. The first-order chi connectivity index (χ1) is 9.78. The Morgan fingerprint density at radius 3 is 2.62 bits per heavy atom. The summed E-state index contributed by atoms with van der Waals surface area (Å²) in [7, 11) is 1.62. The monoisotopic (exact) mass is 314 g/mol. The zero-order valence-corrected chi connectivity index (χ0v) is 13.2. The summed E-state index contributed by atoms with van der Waals surface area (Å²) < 4.78 is 10.6. The van der Waals surface area contributed by atoms with Crippen LogP contribution >= 0.6 is 12.4 Å². The standard InChI is InChI=1S/C15H22N2O3.ClH/c1-19-10-13-2-3-14(20-13)15(18)17-6-4-11-8-16-9-12(11)5-7-17;/h2-3,11-12,16H,4-10H2,1H3;1H/t11-,12+;. The maximum absolute atomic E-state index is 12.5. The lowest BCUT2D eigenvalue weighted by Gasteiger charge is -2.19. The number of ether oxygens (including phenoxy) is 1. The van der Waals surface area contributed by atoms with Crippen molar-refractivity contribution in [2.45, 2.75) is 19.4 Å². The summed E-state index contributed by atoms with van der Waals surface area (Å²) in [6.07, 6.45) is 2.18. The molecule has 2 fully saturated rings. The summed E-state index contributed by atoms with van der Waals surface area (Å²) in [5.74, 6) is 2.61. The number of nitrogens with one attached hydrogen (secondary N) is 1. The molecule has 1 N–H and O–H groups in total. The average molecular weight is 315 g/mol. The fourth-order valence-corrected chi connectivity index (χ4v) is 3.29. The van der Waals surface area contributed by atoms with Crippen LogP contribution in [0.2, 0.25) is 0 Å². The smallest absolute Gasteiger partial charge is 0.289 e. The Balaban J connectivity index is 0.00000161. The Labute approximate surface area is 131 Å². The molecule has 3 rings (SSSR count). The van der Waals surface area contributed by atoms with Crippen LogP contribution in [0.15, 0.2) is 16.5 Å². The van der Waals surface area contributed by atoms with Crippen LogP contribution in [0.1, 0.15) is 29.2 Å². The third-order valence-electron chi connectivity index (χ3n) is 4.47. The van der Waals surface area contributed by atoms with Crippen molar-refractivity contribution in [1.29, 1.82) is 0 Å². The van der Waals surface area contributed by atoms with Gasteiger partial charge in [-0.25, -0.2) is 0 Å². The molecular weight excluding hydrogens is 292 g/mol. The molecule has 2 aliphatic rings. The Morgan fingerprint density at radius 1 is 1.33 bits per heavy atom. The number of halogens is 1. The van der Waals surface area contributed by atoms with Gasteiger partial charge in [0.25, 0.3) is 5.91 Å². The van der Waals surface area contributed by atoms with Crippen LogP contribution < -0.4 is 5.32 Å². The number of likely N-dealkylation sites (tertiary alicyclic amines) is 1. The van der Waals surface area contributed by atoms with E-state index in [-0.39, 0.29) is 18.3 Å². The van der Waals surface area contributed by atoms with Crippen molar-refractivity contribution in [2.75, 3.05) is 33.3 Å². The summed E-state index contributed by atoms with van der Waals surface area (Å²) >= 11 is 0. The molecule has 0 aliphatic carbocycles. The molecule has 3 heterocycles. The van der Waals surface area contributed by atoms with Gasteiger partial charge in [-0.1, -0.05) is 0 Å². The zero-order valence-electron chi connectivity index (χ0n) is 12.3. The van der Waals surface area contributed by atoms with E-state index in [2.05, 4.69) is 5.32 Å². The van der Waals surface area contributed by atoms with E-state index in [1.807, 2.05) is 11.0 Å². The summed E-state index contributed by atoms with van der Waals surface area (Å²) in [4.78, 5) is 14.4. The van der Waals surface area contributed by atoms with E-state index < -0.39 is 0 Å². The van der Waals surface area contributed by atoms with Crippen LogP contribution in [0.25, 0.3) is 0 Å². The van der Waals surface area contributed by atoms with Crippen LogP contribution in [0.5, 0.6) is 0 Å². The number of methoxy groups -OCH3 is 1. The fourth-order valence-electron chi connectivity index (χ4n) is 3.29. The van der Waals surface area contributed by atoms with Crippen LogP contribution in [0.3, 0.4) is 0 Å². The lowest BCUT2D eigenvalue weighted by molar-refractivity contribution is 0.0719. The van der Waals surface area contributed by atoms with Crippen molar-refractivity contribution in [3.8, 4) is 0 Å². The van der Waals surface area contributed by atoms with E-state index in [0.717, 1.165) is 50.9 Å². The second-order valence-electron chi connectivity index (χ2n) is 5.75. The second-order valence-corrected chi connectivity index (χ2v) is 5.75. The van der Waals surface area contributed by atoms with Crippen molar-refractivity contribution in [3.63, 3.8) is 0 Å². The first-order valence-corrected chi connectivity index (χ1v) is 7.35. The molecular formula is C15H23ClN2O3. The lowest BCUT2D eigenvalue weighted by Crippen LogP contribution is -2.32. The topological polar surface area (TPSA) is 54.7 Å². The molecule has 6 heteroatoms. The van der Waals surface area contributed by atoms with E-state index >= 15 is 0 Å². The van der Waals surface area contributed by atoms with E-state index in [0.29, 0.717) is 18.1 Å². The van der Waals surface area contributed by atoms with E-state index in [9.17, 15) is 4.79 Å². The van der Waals surface area contributed by atoms with Gasteiger partial charge in [0.05, 0.1) is 0 Å². The van der Waals surface area contributed by atoms with E-state index in [1.54, 1.807) is 13.2 Å². The van der Waals surface area contributed by atoms with E-state index in [4.69, 9.17) is 9.15 Å². The maximum atomic E-state index is 12.5. The summed E-state index contributed by atoms with van der Waals surface area (Å²) in [5, 5.41) is 3.45. The number of furan rings is 1. The first kappa shape index (κ1) is 16.3. The molecule has 1 amide bonds. The molecule has 2 atom stereocenters. The number of rotatable bonds is 3. The molecule has 0 aromatic carbocycles. The Morgan fingerprint density at radius 2 is 2.00 bits per heavy atom. The quantitative estimate of drug-likeness (QED) is 0.926. The van der Waals surface area contributed by atoms with Crippen molar-refractivity contribution >= 4 is 18.3 Å². The number of nitrogens with zero attached hydrogens (tertiary/aromatic N) is 1. The lowest BCUT2D eigenvalue weighted by atomic mass is 9.92. The van der Waals surface area contributed by atoms with Crippen molar-refractivity contribution in [2.24, 2.45) is 11.8 Å². The van der Waals surface area contributed by atoms with E-state index in [1.165, 1.54) is 0 Å². The third-order valence-corrected chi connectivity index (χ3v) is 4.47. The molecule has 1 aromatic rings. The summed E-state index contributed by atoms with van der Waals surface area (Å²) in [6, 6.07) is 3.57. The minimum absolute atomic E-state index is 0. The van der Waals surface area contributed by atoms with Crippen molar-refractivity contribution in [3.05, 3.63) is 23.7 Å². The predicted molar refractivity (Wildman–Crippen MR) is 81.7 cm³/mol. The highest BCUT2D eigenvalue weighted by Gasteiger charge is 2.32. The third kappa shape index (κ3) is 3.59. The van der Waals surface area contributed by atoms with Gasteiger partial charge in [0.15, 0.2) is 5.76 Å². The van der Waals surface area contributed by atoms with Crippen molar-refractivity contribution < 1.29 is 13.9 Å². The molecule has 5 nitrogen and oxygen atoms in total. The van der Waals surface area contributed by atoms with Gasteiger partial charge < -0.3 is 19.4 Å². The van der Waals surface area contributed by atoms with Crippen LogP contribution in [0, 0.1) is 11.8 Å². The number of hydrogen-bond donors (Lipinski definition) is 1. The molecule has 0 spiro atoms. The number of hydrogen-bond acceptors (Lipinski definition) is 4. The zero-order chi connectivity index (χ0) is 13.9. The molecule has 0 radical (unpaired) electrons. The van der Waals surface area contributed by atoms with Crippen LogP contribution in [-0.2, 0) is 11.3 Å². The first-order valence-electron chi connectivity index (χ1n) is 7.35. The molecule has 2 saturated heterocycles. The number of fused-ring (bicyclic) bond motifs is 1. The minimum Gasteiger partial charge on any atom is -0.453 e. The van der Waals surface area contributed by atoms with Gasteiger partial charge in [0.1, 0.15) is 12.4 Å². The molecule has 118 valence electrons. The predicted octanol–water partition coefficient (Wildman–Crippen LogP) is 1.92. The highest BCUT2D eigenvalue weighted by Crippen LogP contribution is 2.27. The highest BCUT2D eigenvalue weighted by atomic mass is 35.5. The van der Waals surface area contributed by atoms with Gasteiger partial charge in [-0.3, -0.25) is 4.79 Å². The molecule has 0 unspecified atom stereocenters. The van der Waals surface area contributed by atoms with Gasteiger partial charge in [-0.2, -0.15) is 0 Å². The minimum atomic E-state index is 0.